The summed E-state index contributed by atoms with van der Waals surface area (Å²) in [6.07, 6.45) is 2.08. The van der Waals surface area contributed by atoms with Gasteiger partial charge in [0.05, 0.1) is 35.9 Å². The lowest BCUT2D eigenvalue weighted by atomic mass is 10.1. The quantitative estimate of drug-likeness (QED) is 0.238. The molecule has 5 heterocycles. The highest BCUT2D eigenvalue weighted by Gasteiger charge is 2.58. The minimum absolute atomic E-state index is 0.0206. The standard InChI is InChI=1S/C29H21F4N5O5S/c30-28(31)44(40,41)24-14-43-22-4-1-15(9-18(22)24)27(39)35-13-17-10-21-16(12-34-17)2-6-25(36-21)38-7-8-42-23-5-3-20(37-26(23)38)19-11-29(19,32)33/h1-6,9-10,12,14,19,28H,7-8,11,13H2,(H,35,39). The molecule has 1 fully saturated rings. The van der Waals surface area contributed by atoms with Crippen molar-refractivity contribution in [2.24, 2.45) is 0 Å². The summed E-state index contributed by atoms with van der Waals surface area (Å²) < 4.78 is 88.4. The number of fused-ring (bicyclic) bond motifs is 3. The van der Waals surface area contributed by atoms with E-state index in [1.54, 1.807) is 35.4 Å². The van der Waals surface area contributed by atoms with Crippen LogP contribution in [-0.2, 0) is 16.4 Å². The maximum absolute atomic E-state index is 13.7. The molecule has 1 atom stereocenters. The molecule has 1 aromatic carbocycles. The lowest BCUT2D eigenvalue weighted by Crippen LogP contribution is -2.30. The molecular weight excluding hydrogens is 606 g/mol. The number of rotatable bonds is 7. The highest BCUT2D eigenvalue weighted by atomic mass is 32.2. The van der Waals surface area contributed by atoms with Crippen molar-refractivity contribution in [2.45, 2.75) is 35.5 Å². The molecule has 226 valence electrons. The van der Waals surface area contributed by atoms with Crippen LogP contribution < -0.4 is 15.0 Å². The highest BCUT2D eigenvalue weighted by molar-refractivity contribution is 7.92. The van der Waals surface area contributed by atoms with Gasteiger partial charge >= 0.3 is 5.76 Å². The first-order valence-corrected chi connectivity index (χ1v) is 14.9. The number of carbonyl (C=O) groups is 1. The molecule has 1 aliphatic heterocycles. The van der Waals surface area contributed by atoms with Gasteiger partial charge in [0.2, 0.25) is 9.84 Å². The van der Waals surface area contributed by atoms with E-state index < -0.39 is 38.2 Å². The van der Waals surface area contributed by atoms with E-state index in [2.05, 4.69) is 15.3 Å². The molecule has 0 bridgehead atoms. The molecule has 0 saturated heterocycles. The Morgan fingerprint density at radius 1 is 1.11 bits per heavy atom. The summed E-state index contributed by atoms with van der Waals surface area (Å²) in [5.74, 6) is -6.51. The van der Waals surface area contributed by atoms with Gasteiger partial charge in [0, 0.05) is 29.0 Å². The Balaban J connectivity index is 1.11. The van der Waals surface area contributed by atoms with Crippen LogP contribution in [0.2, 0.25) is 0 Å². The second kappa shape index (κ2) is 10.1. The zero-order valence-corrected chi connectivity index (χ0v) is 23.3. The van der Waals surface area contributed by atoms with Gasteiger partial charge in [-0.05, 0) is 48.5 Å². The number of furan rings is 1. The molecule has 0 radical (unpaired) electrons. The van der Waals surface area contributed by atoms with Crippen molar-refractivity contribution >= 4 is 49.3 Å². The number of hydrogen-bond acceptors (Lipinski definition) is 9. The van der Waals surface area contributed by atoms with Gasteiger partial charge < -0.3 is 19.4 Å². The first-order chi connectivity index (χ1) is 21.0. The van der Waals surface area contributed by atoms with E-state index in [1.165, 1.54) is 18.2 Å². The average Bonchev–Trinajstić information content (AvgIpc) is 3.44. The Labute approximate surface area is 246 Å². The van der Waals surface area contributed by atoms with Gasteiger partial charge in [-0.2, -0.15) is 8.78 Å². The van der Waals surface area contributed by atoms with E-state index in [1.807, 2.05) is 6.07 Å². The summed E-state index contributed by atoms with van der Waals surface area (Å²) in [6.45, 7) is 0.729. The normalized spacial score (nSPS) is 17.5. The molecule has 1 aliphatic carbocycles. The fourth-order valence-electron chi connectivity index (χ4n) is 5.09. The second-order valence-corrected chi connectivity index (χ2v) is 12.3. The number of amides is 1. The van der Waals surface area contributed by atoms with Crippen molar-refractivity contribution in [1.82, 2.24) is 20.3 Å². The number of carbonyl (C=O) groups excluding carboxylic acids is 1. The molecule has 5 aromatic rings. The zero-order valence-electron chi connectivity index (χ0n) is 22.5. The predicted molar refractivity (Wildman–Crippen MR) is 149 cm³/mol. The molecule has 1 saturated carbocycles. The van der Waals surface area contributed by atoms with Crippen LogP contribution in [0.5, 0.6) is 5.75 Å². The molecule has 10 nitrogen and oxygen atoms in total. The molecule has 0 spiro atoms. The third kappa shape index (κ3) is 4.86. The lowest BCUT2D eigenvalue weighted by Gasteiger charge is -2.29. The zero-order chi connectivity index (χ0) is 30.8. The van der Waals surface area contributed by atoms with Crippen molar-refractivity contribution < 1.29 is 39.9 Å². The summed E-state index contributed by atoms with van der Waals surface area (Å²) in [4.78, 5) is 27.6. The smallest absolute Gasteiger partial charge is 0.341 e. The Bertz CT molecular complexity index is 2070. The van der Waals surface area contributed by atoms with Crippen LogP contribution in [0.25, 0.3) is 21.9 Å². The SMILES string of the molecule is O=C(NCc1cc2nc(N3CCOc4ccc(C5CC5(F)F)nc43)ccc2cn1)c1ccc2occ(S(=O)(=O)C(F)F)c2c1. The largest absolute Gasteiger partial charge is 0.488 e. The molecule has 4 aromatic heterocycles. The number of sulfone groups is 1. The van der Waals surface area contributed by atoms with Gasteiger partial charge in [-0.1, -0.05) is 0 Å². The molecule has 1 unspecified atom stereocenters. The molecule has 1 N–H and O–H groups in total. The van der Waals surface area contributed by atoms with E-state index in [0.717, 1.165) is 11.6 Å². The van der Waals surface area contributed by atoms with E-state index in [-0.39, 0.29) is 29.5 Å². The molecule has 7 rings (SSSR count). The first-order valence-electron chi connectivity index (χ1n) is 13.4. The first kappa shape index (κ1) is 28.0. The van der Waals surface area contributed by atoms with Crippen molar-refractivity contribution in [3.8, 4) is 5.75 Å². The van der Waals surface area contributed by atoms with Crippen LogP contribution in [0, 0.1) is 0 Å². The Kier molecular flexibility index (Phi) is 6.46. The third-order valence-electron chi connectivity index (χ3n) is 7.54. The minimum Gasteiger partial charge on any atom is -0.488 e. The molecule has 2 aliphatic rings. The molecule has 15 heteroatoms. The summed E-state index contributed by atoms with van der Waals surface area (Å²) >= 11 is 0. The van der Waals surface area contributed by atoms with Crippen molar-refractivity contribution in [3.05, 3.63) is 77.9 Å². The number of halogens is 4. The predicted octanol–water partition coefficient (Wildman–Crippen LogP) is 5.35. The van der Waals surface area contributed by atoms with E-state index in [4.69, 9.17) is 14.1 Å². The number of hydrogen-bond donors (Lipinski definition) is 1. The van der Waals surface area contributed by atoms with Crippen LogP contribution in [0.1, 0.15) is 34.1 Å². The Morgan fingerprint density at radius 2 is 1.93 bits per heavy atom. The fourth-order valence-corrected chi connectivity index (χ4v) is 5.93. The number of alkyl halides is 4. The summed E-state index contributed by atoms with van der Waals surface area (Å²) in [6, 6.07) is 12.4. The summed E-state index contributed by atoms with van der Waals surface area (Å²) in [7, 11) is -4.94. The number of nitrogens with zero attached hydrogens (tertiary/aromatic N) is 4. The number of ether oxygens (including phenoxy) is 1. The fraction of sp³-hybridized carbons (Fsp3) is 0.241. The van der Waals surface area contributed by atoms with Crippen molar-refractivity contribution in [1.29, 1.82) is 0 Å². The van der Waals surface area contributed by atoms with Crippen LogP contribution in [0.4, 0.5) is 29.2 Å². The summed E-state index contributed by atoms with van der Waals surface area (Å²) in [5.41, 5.74) is 1.39. The van der Waals surface area contributed by atoms with E-state index in [9.17, 15) is 30.8 Å². The second-order valence-electron chi connectivity index (χ2n) is 10.4. The number of aromatic nitrogens is 3. The lowest BCUT2D eigenvalue weighted by molar-refractivity contribution is 0.0950. The van der Waals surface area contributed by atoms with Gasteiger partial charge in [-0.15, -0.1) is 0 Å². The van der Waals surface area contributed by atoms with Crippen LogP contribution in [0.3, 0.4) is 0 Å². The van der Waals surface area contributed by atoms with Gasteiger partial charge in [0.1, 0.15) is 29.2 Å². The highest BCUT2D eigenvalue weighted by Crippen LogP contribution is 2.55. The Hall–Kier alpha value is -4.79. The Morgan fingerprint density at radius 3 is 2.70 bits per heavy atom. The van der Waals surface area contributed by atoms with E-state index >= 15 is 0 Å². The van der Waals surface area contributed by atoms with Gasteiger partial charge in [0.25, 0.3) is 11.8 Å². The van der Waals surface area contributed by atoms with Crippen LogP contribution in [-0.4, -0.2) is 54.1 Å². The molecule has 44 heavy (non-hydrogen) atoms. The topological polar surface area (TPSA) is 128 Å². The van der Waals surface area contributed by atoms with Gasteiger partial charge in [-0.3, -0.25) is 9.78 Å². The minimum atomic E-state index is -4.94. The molecular formula is C29H21F4N5O5S. The number of pyridine rings is 3. The molecule has 1 amide bonds. The van der Waals surface area contributed by atoms with Gasteiger partial charge in [-0.25, -0.2) is 27.2 Å². The summed E-state index contributed by atoms with van der Waals surface area (Å²) in [5, 5.41) is 3.27. The third-order valence-corrected chi connectivity index (χ3v) is 8.93. The number of benzene rings is 1. The van der Waals surface area contributed by atoms with Gasteiger partial charge in [0.15, 0.2) is 11.6 Å². The number of anilines is 2. The van der Waals surface area contributed by atoms with Crippen molar-refractivity contribution in [3.63, 3.8) is 0 Å². The maximum Gasteiger partial charge on any atom is 0.341 e. The maximum atomic E-state index is 13.7. The van der Waals surface area contributed by atoms with Crippen molar-refractivity contribution in [2.75, 3.05) is 18.1 Å². The number of nitrogens with one attached hydrogen (secondary N) is 1. The van der Waals surface area contributed by atoms with Crippen LogP contribution in [0.15, 0.2) is 70.3 Å². The average molecular weight is 628 g/mol. The van der Waals surface area contributed by atoms with E-state index in [0.29, 0.717) is 47.4 Å². The van der Waals surface area contributed by atoms with Crippen LogP contribution >= 0.6 is 0 Å². The monoisotopic (exact) mass is 627 g/mol.